The summed E-state index contributed by atoms with van der Waals surface area (Å²) in [6.07, 6.45) is -7.52. The number of nitrogens with one attached hydrogen (secondary N) is 3. The lowest BCUT2D eigenvalue weighted by Crippen LogP contribution is -2.35. The number of nitrogens with zero attached hydrogens (tertiary/aromatic N) is 5. The van der Waals surface area contributed by atoms with Gasteiger partial charge in [-0.2, -0.15) is 45.3 Å². The van der Waals surface area contributed by atoms with Crippen LogP contribution < -0.4 is 15.4 Å². The van der Waals surface area contributed by atoms with Gasteiger partial charge in [-0.05, 0) is 62.1 Å². The molecule has 0 aliphatic carbocycles. The molecule has 2 aromatic carbocycles. The number of rotatable bonds is 11. The van der Waals surface area contributed by atoms with Crippen molar-refractivity contribution in [2.45, 2.75) is 62.4 Å². The van der Waals surface area contributed by atoms with Crippen molar-refractivity contribution >= 4 is 62.7 Å². The molecule has 2 atom stereocenters. The maximum atomic E-state index is 14.9. The number of halogens is 11. The lowest BCUT2D eigenvalue weighted by atomic mass is 9.93. The molecule has 2 unspecified atom stereocenters. The van der Waals surface area contributed by atoms with Crippen LogP contribution in [0.1, 0.15) is 48.2 Å². The minimum atomic E-state index is -5.20. The Balaban J connectivity index is 1.58. The Labute approximate surface area is 346 Å². The molecule has 1 amide bonds. The molecule has 0 radical (unpaired) electrons. The van der Waals surface area contributed by atoms with E-state index in [2.05, 4.69) is 37.1 Å². The SMILES string of the molecule is CSNc1nn(CC(F)(F)F)c2c(-c3ccc(C#CC(C)(C)S(C)=O)nc3C(Cc3cc(F)cc(F)c3)NC(=O)Cn3nc(C(F)(F)F)c4c3C(F)(F)CN4)ccc(Cl)c12. The van der Waals surface area contributed by atoms with Crippen molar-refractivity contribution in [3.63, 3.8) is 0 Å². The second-order valence-electron chi connectivity index (χ2n) is 14.0. The molecule has 3 N–H and O–H groups in total. The van der Waals surface area contributed by atoms with Gasteiger partial charge in [-0.15, -0.1) is 0 Å². The monoisotopic (exact) mass is 908 g/mol. The first-order chi connectivity index (χ1) is 27.9. The number of hydrogen-bond donors (Lipinski definition) is 3. The summed E-state index contributed by atoms with van der Waals surface area (Å²) in [6.45, 7) is -0.874. The van der Waals surface area contributed by atoms with Gasteiger partial charge >= 0.3 is 18.3 Å². The van der Waals surface area contributed by atoms with Crippen LogP contribution in [0.4, 0.5) is 55.4 Å². The normalized spacial score (nSPS) is 14.9. The van der Waals surface area contributed by atoms with Gasteiger partial charge in [0.2, 0.25) is 5.91 Å². The fourth-order valence-corrected chi connectivity index (χ4v) is 7.20. The van der Waals surface area contributed by atoms with Gasteiger partial charge in [-0.3, -0.25) is 18.4 Å². The highest BCUT2D eigenvalue weighted by Gasteiger charge is 2.50. The number of alkyl halides is 8. The van der Waals surface area contributed by atoms with Crippen LogP contribution in [-0.4, -0.2) is 64.6 Å². The Hall–Kier alpha value is -5.01. The third kappa shape index (κ3) is 9.47. The molecule has 320 valence electrons. The van der Waals surface area contributed by atoms with Crippen LogP contribution in [0.5, 0.6) is 0 Å². The average molecular weight is 909 g/mol. The van der Waals surface area contributed by atoms with Crippen molar-refractivity contribution in [2.75, 3.05) is 29.1 Å². The lowest BCUT2D eigenvalue weighted by molar-refractivity contribution is -0.142. The van der Waals surface area contributed by atoms with E-state index in [1.807, 2.05) is 5.32 Å². The number of amides is 1. The van der Waals surface area contributed by atoms with Gasteiger partial charge in [0.1, 0.15) is 40.9 Å². The second-order valence-corrected chi connectivity index (χ2v) is 16.9. The van der Waals surface area contributed by atoms with Crippen LogP contribution in [0.25, 0.3) is 22.0 Å². The zero-order valence-corrected chi connectivity index (χ0v) is 33.9. The number of benzene rings is 2. The van der Waals surface area contributed by atoms with E-state index in [0.29, 0.717) is 10.7 Å². The van der Waals surface area contributed by atoms with Crippen LogP contribution in [0.2, 0.25) is 5.02 Å². The molecule has 0 saturated heterocycles. The molecule has 5 aromatic rings. The highest BCUT2D eigenvalue weighted by Crippen LogP contribution is 2.46. The molecule has 60 heavy (non-hydrogen) atoms. The first kappa shape index (κ1) is 44.5. The summed E-state index contributed by atoms with van der Waals surface area (Å²) in [7, 11) is -1.48. The highest BCUT2D eigenvalue weighted by atomic mass is 35.5. The summed E-state index contributed by atoms with van der Waals surface area (Å²) in [4.78, 5) is 18.5. The van der Waals surface area contributed by atoms with Crippen molar-refractivity contribution in [1.29, 1.82) is 0 Å². The van der Waals surface area contributed by atoms with Crippen LogP contribution in [0, 0.1) is 23.5 Å². The first-order valence-corrected chi connectivity index (χ1v) is 20.5. The molecular formula is C37H31ClF10N8O2S2. The summed E-state index contributed by atoms with van der Waals surface area (Å²) >= 11 is 7.55. The topological polar surface area (TPSA) is 119 Å². The molecule has 1 aliphatic rings. The van der Waals surface area contributed by atoms with Gasteiger partial charge in [0.15, 0.2) is 11.5 Å². The van der Waals surface area contributed by atoms with Gasteiger partial charge in [-0.25, -0.2) is 13.8 Å². The van der Waals surface area contributed by atoms with Crippen molar-refractivity contribution in [3.05, 3.63) is 87.5 Å². The number of carbonyl (C=O) groups is 1. The molecular weight excluding hydrogens is 878 g/mol. The van der Waals surface area contributed by atoms with Gasteiger partial charge < -0.3 is 15.4 Å². The Morgan fingerprint density at radius 3 is 2.32 bits per heavy atom. The maximum Gasteiger partial charge on any atom is 0.437 e. The largest absolute Gasteiger partial charge is 0.437 e. The highest BCUT2D eigenvalue weighted by molar-refractivity contribution is 7.99. The summed E-state index contributed by atoms with van der Waals surface area (Å²) in [6, 6.07) is 6.28. The van der Waals surface area contributed by atoms with E-state index < -0.39 is 101 Å². The maximum absolute atomic E-state index is 14.9. The minimum absolute atomic E-state index is 0.00295. The van der Waals surface area contributed by atoms with Crippen molar-refractivity contribution in [3.8, 4) is 23.0 Å². The van der Waals surface area contributed by atoms with E-state index in [9.17, 15) is 52.9 Å². The Kier molecular flexibility index (Phi) is 12.2. The number of anilines is 2. The molecule has 6 rings (SSSR count). The van der Waals surface area contributed by atoms with E-state index in [1.54, 1.807) is 20.1 Å². The summed E-state index contributed by atoms with van der Waals surface area (Å²) in [5.41, 5.74) is -4.43. The number of hydrogen-bond acceptors (Lipinski definition) is 8. The molecule has 10 nitrogen and oxygen atoms in total. The standard InChI is InChI=1S/C37H31ClF10N8O2S2/c1-34(2,60(4)58)10-9-21-5-6-22(23-7-8-24(38)27-30(23)56(17-36(43,44)45)53-33(27)54-59-3)28(50-21)25(13-18-11-19(39)14-20(40)12-18)51-26(57)15-55-32-29(49-16-35(32,41)42)31(52-55)37(46,47)48/h5-8,11-12,14,25,49H,13,15-17H2,1-4H3,(H,51,57)(H,53,54). The molecule has 0 fully saturated rings. The minimum Gasteiger partial charge on any atom is -0.375 e. The van der Waals surface area contributed by atoms with Gasteiger partial charge in [0.05, 0.1) is 39.9 Å². The molecule has 23 heteroatoms. The zero-order chi connectivity index (χ0) is 44.1. The fourth-order valence-electron chi connectivity index (χ4n) is 6.43. The molecule has 4 heterocycles. The first-order valence-electron chi connectivity index (χ1n) is 17.4. The van der Waals surface area contributed by atoms with Gasteiger partial charge in [0, 0.05) is 40.5 Å². The third-order valence-electron chi connectivity index (χ3n) is 9.17. The Bertz CT molecular complexity index is 2560. The van der Waals surface area contributed by atoms with E-state index in [4.69, 9.17) is 11.6 Å². The molecule has 3 aromatic heterocycles. The molecule has 0 spiro atoms. The molecule has 1 aliphatic heterocycles. The predicted molar refractivity (Wildman–Crippen MR) is 207 cm³/mol. The van der Waals surface area contributed by atoms with Gasteiger partial charge in [-0.1, -0.05) is 35.5 Å². The average Bonchev–Trinajstić information content (AvgIpc) is 3.78. The van der Waals surface area contributed by atoms with E-state index >= 15 is 0 Å². The van der Waals surface area contributed by atoms with E-state index in [-0.39, 0.29) is 54.5 Å². The zero-order valence-electron chi connectivity index (χ0n) is 31.5. The van der Waals surface area contributed by atoms with E-state index in [0.717, 1.165) is 24.1 Å². The summed E-state index contributed by atoms with van der Waals surface area (Å²) in [5.74, 6) is -1.62. The van der Waals surface area contributed by atoms with Crippen molar-refractivity contribution in [1.82, 2.24) is 29.9 Å². The quantitative estimate of drug-likeness (QED) is 0.0686. The van der Waals surface area contributed by atoms with Crippen molar-refractivity contribution < 1.29 is 52.9 Å². The molecule has 0 saturated carbocycles. The smallest absolute Gasteiger partial charge is 0.375 e. The Morgan fingerprint density at radius 1 is 1.03 bits per heavy atom. The third-order valence-corrected chi connectivity index (χ3v) is 11.4. The predicted octanol–water partition coefficient (Wildman–Crippen LogP) is 8.62. The summed E-state index contributed by atoms with van der Waals surface area (Å²) in [5, 5.41) is 11.9. The number of pyridine rings is 1. The second kappa shape index (κ2) is 16.5. The van der Waals surface area contributed by atoms with Crippen LogP contribution in [0.15, 0.2) is 42.5 Å². The van der Waals surface area contributed by atoms with Crippen LogP contribution in [-0.2, 0) is 47.2 Å². The van der Waals surface area contributed by atoms with E-state index in [1.165, 1.54) is 30.5 Å². The van der Waals surface area contributed by atoms with Crippen LogP contribution in [0.3, 0.4) is 0 Å². The van der Waals surface area contributed by atoms with Crippen molar-refractivity contribution in [2.24, 2.45) is 0 Å². The number of carbonyl (C=O) groups excluding carboxylic acids is 1. The summed E-state index contributed by atoms with van der Waals surface area (Å²) < 4.78 is 158. The number of aromatic nitrogens is 5. The molecule has 0 bridgehead atoms. The Morgan fingerprint density at radius 2 is 1.70 bits per heavy atom. The lowest BCUT2D eigenvalue weighted by Gasteiger charge is -2.23. The van der Waals surface area contributed by atoms with Gasteiger partial charge in [0.25, 0.3) is 0 Å². The fraction of sp³-hybridized carbons (Fsp3) is 0.351. The van der Waals surface area contributed by atoms with Crippen LogP contribution >= 0.6 is 23.5 Å². The number of fused-ring (bicyclic) bond motifs is 2.